The summed E-state index contributed by atoms with van der Waals surface area (Å²) in [6.45, 7) is 4.76. The summed E-state index contributed by atoms with van der Waals surface area (Å²) in [5, 5.41) is 9.38. The number of hydrogen-bond donors (Lipinski definition) is 2. The molecule has 3 N–H and O–H groups in total. The van der Waals surface area contributed by atoms with Gasteiger partial charge in [0.2, 0.25) is 11.5 Å². The van der Waals surface area contributed by atoms with E-state index in [4.69, 9.17) is 5.73 Å². The van der Waals surface area contributed by atoms with Crippen molar-refractivity contribution in [3.8, 4) is 0 Å². The molecule has 78 valence electrons. The van der Waals surface area contributed by atoms with Crippen LogP contribution in [0.15, 0.2) is 4.63 Å². The van der Waals surface area contributed by atoms with Crippen molar-refractivity contribution in [2.45, 2.75) is 20.3 Å². The van der Waals surface area contributed by atoms with Crippen molar-refractivity contribution >= 4 is 11.7 Å². The van der Waals surface area contributed by atoms with E-state index in [9.17, 15) is 4.79 Å². The lowest BCUT2D eigenvalue weighted by atomic mass is 10.1. The molecule has 6 heteroatoms. The first kappa shape index (κ1) is 10.5. The molecule has 0 aliphatic carbocycles. The number of amides is 1. The number of carbonyl (C=O) groups is 1. The molecule has 0 atom stereocenters. The van der Waals surface area contributed by atoms with Gasteiger partial charge in [-0.3, -0.25) is 4.79 Å². The summed E-state index contributed by atoms with van der Waals surface area (Å²) in [5.74, 6) is 0.222. The Labute approximate surface area is 81.8 Å². The summed E-state index contributed by atoms with van der Waals surface area (Å²) >= 11 is 0. The first-order chi connectivity index (χ1) is 6.61. The molecule has 0 fully saturated rings. The molecule has 0 aromatic carbocycles. The second-order valence-corrected chi connectivity index (χ2v) is 3.44. The maximum Gasteiger partial charge on any atom is 0.277 e. The molecule has 0 spiro atoms. The third kappa shape index (κ3) is 2.72. The van der Waals surface area contributed by atoms with Crippen LogP contribution in [0.3, 0.4) is 0 Å². The summed E-state index contributed by atoms with van der Waals surface area (Å²) in [5.41, 5.74) is 5.39. The highest BCUT2D eigenvalue weighted by molar-refractivity contribution is 5.95. The van der Waals surface area contributed by atoms with Gasteiger partial charge in [-0.05, 0) is 22.7 Å². The molecule has 1 aromatic rings. The molecule has 0 aliphatic rings. The Bertz CT molecular complexity index is 308. The predicted molar refractivity (Wildman–Crippen MR) is 50.5 cm³/mol. The minimum absolute atomic E-state index is 0.0204. The van der Waals surface area contributed by atoms with Gasteiger partial charge in [0, 0.05) is 6.54 Å². The molecule has 1 heterocycles. The van der Waals surface area contributed by atoms with Crippen molar-refractivity contribution in [1.82, 2.24) is 15.6 Å². The van der Waals surface area contributed by atoms with Gasteiger partial charge in [0.1, 0.15) is 0 Å². The normalized spacial score (nSPS) is 10.5. The first-order valence-corrected chi connectivity index (χ1v) is 4.47. The lowest BCUT2D eigenvalue weighted by Gasteiger charge is -2.04. The average molecular weight is 198 g/mol. The summed E-state index contributed by atoms with van der Waals surface area (Å²) in [6.07, 6.45) is 0.914. The van der Waals surface area contributed by atoms with Crippen molar-refractivity contribution in [3.63, 3.8) is 0 Å². The number of nitrogens with two attached hydrogens (primary N) is 1. The zero-order valence-corrected chi connectivity index (χ0v) is 8.28. The lowest BCUT2D eigenvalue weighted by molar-refractivity contribution is 0.0943. The zero-order chi connectivity index (χ0) is 10.6. The van der Waals surface area contributed by atoms with E-state index in [0.29, 0.717) is 12.5 Å². The van der Waals surface area contributed by atoms with Crippen LogP contribution in [0, 0.1) is 5.92 Å². The van der Waals surface area contributed by atoms with E-state index in [0.717, 1.165) is 6.42 Å². The summed E-state index contributed by atoms with van der Waals surface area (Å²) < 4.78 is 4.31. The van der Waals surface area contributed by atoms with Crippen molar-refractivity contribution in [2.75, 3.05) is 12.3 Å². The highest BCUT2D eigenvalue weighted by atomic mass is 16.6. The zero-order valence-electron chi connectivity index (χ0n) is 8.28. The molecule has 1 rings (SSSR count). The van der Waals surface area contributed by atoms with Crippen molar-refractivity contribution in [1.29, 1.82) is 0 Å². The maximum absolute atomic E-state index is 11.4. The number of carbonyl (C=O) groups excluding carboxylic acids is 1. The Kier molecular flexibility index (Phi) is 3.44. The van der Waals surface area contributed by atoms with Gasteiger partial charge in [0.15, 0.2) is 0 Å². The fourth-order valence-corrected chi connectivity index (χ4v) is 0.911. The van der Waals surface area contributed by atoms with Crippen LogP contribution < -0.4 is 11.1 Å². The quantitative estimate of drug-likeness (QED) is 0.731. The van der Waals surface area contributed by atoms with E-state index in [-0.39, 0.29) is 17.4 Å². The highest BCUT2D eigenvalue weighted by Crippen LogP contribution is 2.03. The standard InChI is InChI=1S/C8H14N4O2/c1-5(2)3-4-10-8(13)6-7(9)12-14-11-6/h5H,3-4H2,1-2H3,(H2,9,12)(H,10,13). The van der Waals surface area contributed by atoms with Crippen LogP contribution in [-0.2, 0) is 0 Å². The van der Waals surface area contributed by atoms with E-state index in [1.54, 1.807) is 0 Å². The second-order valence-electron chi connectivity index (χ2n) is 3.44. The van der Waals surface area contributed by atoms with Gasteiger partial charge in [-0.1, -0.05) is 13.8 Å². The van der Waals surface area contributed by atoms with E-state index in [1.165, 1.54) is 0 Å². The molecule has 1 aromatic heterocycles. The largest absolute Gasteiger partial charge is 0.379 e. The summed E-state index contributed by atoms with van der Waals surface area (Å²) in [6, 6.07) is 0. The third-order valence-corrected chi connectivity index (χ3v) is 1.74. The topological polar surface area (TPSA) is 94.0 Å². The Morgan fingerprint density at radius 2 is 2.29 bits per heavy atom. The molecule has 0 saturated carbocycles. The average Bonchev–Trinajstić information content (AvgIpc) is 2.50. The van der Waals surface area contributed by atoms with Gasteiger partial charge in [-0.15, -0.1) is 0 Å². The third-order valence-electron chi connectivity index (χ3n) is 1.74. The molecule has 0 bridgehead atoms. The van der Waals surface area contributed by atoms with Gasteiger partial charge >= 0.3 is 0 Å². The number of nitrogen functional groups attached to an aromatic ring is 1. The van der Waals surface area contributed by atoms with E-state index in [2.05, 4.69) is 34.1 Å². The van der Waals surface area contributed by atoms with Crippen molar-refractivity contribution in [3.05, 3.63) is 5.69 Å². The molecular weight excluding hydrogens is 184 g/mol. The van der Waals surface area contributed by atoms with Gasteiger partial charge in [0.25, 0.3) is 5.91 Å². The van der Waals surface area contributed by atoms with Crippen molar-refractivity contribution < 1.29 is 9.42 Å². The van der Waals surface area contributed by atoms with Gasteiger partial charge in [-0.2, -0.15) is 0 Å². The number of rotatable bonds is 4. The summed E-state index contributed by atoms with van der Waals surface area (Å²) in [4.78, 5) is 11.4. The number of anilines is 1. The predicted octanol–water partition coefficient (Wildman–Crippen LogP) is 0.428. The van der Waals surface area contributed by atoms with E-state index >= 15 is 0 Å². The SMILES string of the molecule is CC(C)CCNC(=O)c1nonc1N. The second kappa shape index (κ2) is 4.59. The van der Waals surface area contributed by atoms with Crippen LogP contribution in [0.1, 0.15) is 30.8 Å². The van der Waals surface area contributed by atoms with Gasteiger partial charge in [-0.25, -0.2) is 4.63 Å². The molecule has 0 unspecified atom stereocenters. The van der Waals surface area contributed by atoms with E-state index < -0.39 is 0 Å². The van der Waals surface area contributed by atoms with E-state index in [1.807, 2.05) is 0 Å². The van der Waals surface area contributed by atoms with Crippen LogP contribution in [0.2, 0.25) is 0 Å². The Hall–Kier alpha value is -1.59. The molecule has 0 radical (unpaired) electrons. The number of hydrogen-bond acceptors (Lipinski definition) is 5. The maximum atomic E-state index is 11.4. The highest BCUT2D eigenvalue weighted by Gasteiger charge is 2.14. The van der Waals surface area contributed by atoms with Gasteiger partial charge < -0.3 is 11.1 Å². The molecule has 0 saturated heterocycles. The monoisotopic (exact) mass is 198 g/mol. The molecule has 14 heavy (non-hydrogen) atoms. The minimum Gasteiger partial charge on any atom is -0.379 e. The van der Waals surface area contributed by atoms with Crippen molar-refractivity contribution in [2.24, 2.45) is 5.92 Å². The Balaban J connectivity index is 2.40. The van der Waals surface area contributed by atoms with Crippen LogP contribution >= 0.6 is 0 Å². The smallest absolute Gasteiger partial charge is 0.277 e. The number of aromatic nitrogens is 2. The number of nitrogens with zero attached hydrogens (tertiary/aromatic N) is 2. The Morgan fingerprint density at radius 3 is 2.79 bits per heavy atom. The molecular formula is C8H14N4O2. The molecule has 6 nitrogen and oxygen atoms in total. The van der Waals surface area contributed by atoms with Crippen LogP contribution in [-0.4, -0.2) is 22.8 Å². The number of nitrogens with one attached hydrogen (secondary N) is 1. The fourth-order valence-electron chi connectivity index (χ4n) is 0.911. The first-order valence-electron chi connectivity index (χ1n) is 4.47. The summed E-state index contributed by atoms with van der Waals surface area (Å²) in [7, 11) is 0. The van der Waals surface area contributed by atoms with Gasteiger partial charge in [0.05, 0.1) is 0 Å². The molecule has 0 aliphatic heterocycles. The Morgan fingerprint density at radius 1 is 1.57 bits per heavy atom. The minimum atomic E-state index is -0.343. The fraction of sp³-hybridized carbons (Fsp3) is 0.625. The molecule has 1 amide bonds. The van der Waals surface area contributed by atoms with Crippen LogP contribution in [0.25, 0.3) is 0 Å². The van der Waals surface area contributed by atoms with Crippen LogP contribution in [0.4, 0.5) is 5.82 Å². The lowest BCUT2D eigenvalue weighted by Crippen LogP contribution is -2.26. The van der Waals surface area contributed by atoms with Crippen LogP contribution in [0.5, 0.6) is 0 Å².